The number of anilines is 1. The maximum absolute atomic E-state index is 12.7. The van der Waals surface area contributed by atoms with Crippen LogP contribution < -0.4 is 5.32 Å². The molecule has 0 radical (unpaired) electrons. The molecule has 1 N–H and O–H groups in total. The molecule has 3 heterocycles. The number of benzene rings is 1. The minimum Gasteiger partial charge on any atom is -0.337 e. The van der Waals surface area contributed by atoms with Crippen molar-refractivity contribution in [2.24, 2.45) is 5.92 Å². The molecule has 28 heavy (non-hydrogen) atoms. The fourth-order valence-corrected chi connectivity index (χ4v) is 4.74. The number of amides is 2. The lowest BCUT2D eigenvalue weighted by molar-refractivity contribution is -0.121. The van der Waals surface area contributed by atoms with Gasteiger partial charge in [-0.25, -0.2) is 4.98 Å². The number of nitrogens with one attached hydrogen (secondary N) is 1. The van der Waals surface area contributed by atoms with E-state index >= 15 is 0 Å². The minimum atomic E-state index is -0.204. The molecular formula is C21H21N3O2S2. The van der Waals surface area contributed by atoms with Gasteiger partial charge in [0.2, 0.25) is 5.91 Å². The molecule has 3 aromatic rings. The molecule has 1 atom stereocenters. The number of aryl methyl sites for hydroxylation is 1. The number of hydrogen-bond acceptors (Lipinski definition) is 5. The molecular weight excluding hydrogens is 390 g/mol. The minimum absolute atomic E-state index is 0.0170. The van der Waals surface area contributed by atoms with Gasteiger partial charge in [0.1, 0.15) is 0 Å². The molecule has 1 fully saturated rings. The monoisotopic (exact) mass is 411 g/mol. The summed E-state index contributed by atoms with van der Waals surface area (Å²) in [6, 6.07) is 11.9. The van der Waals surface area contributed by atoms with Crippen LogP contribution in [-0.4, -0.2) is 34.8 Å². The third-order valence-electron chi connectivity index (χ3n) is 4.89. The van der Waals surface area contributed by atoms with E-state index in [4.69, 9.17) is 0 Å². The Balaban J connectivity index is 1.39. The number of piperidine rings is 1. The van der Waals surface area contributed by atoms with E-state index < -0.39 is 0 Å². The molecule has 144 valence electrons. The summed E-state index contributed by atoms with van der Waals surface area (Å²) >= 11 is 2.86. The van der Waals surface area contributed by atoms with Crippen LogP contribution in [0.4, 0.5) is 5.13 Å². The first-order valence-corrected chi connectivity index (χ1v) is 11.0. The van der Waals surface area contributed by atoms with Gasteiger partial charge in [0.15, 0.2) is 5.13 Å². The van der Waals surface area contributed by atoms with E-state index in [0.29, 0.717) is 18.2 Å². The molecule has 0 spiro atoms. The lowest BCUT2D eigenvalue weighted by atomic mass is 9.97. The standard InChI is InChI=1S/C21H21N3O2S2/c1-14-6-8-15(9-7-14)17-13-28-21(22-17)23-19(25)16-4-2-10-24(12-16)20(26)18-5-3-11-27-18/h3,5-9,11,13,16H,2,4,10,12H2,1H3,(H,22,23,25)/t16-/m0/s1. The van der Waals surface area contributed by atoms with Gasteiger partial charge in [-0.3, -0.25) is 9.59 Å². The zero-order valence-electron chi connectivity index (χ0n) is 15.6. The first kappa shape index (κ1) is 18.8. The average Bonchev–Trinajstić information content (AvgIpc) is 3.40. The summed E-state index contributed by atoms with van der Waals surface area (Å²) in [5.41, 5.74) is 3.10. The van der Waals surface area contributed by atoms with Crippen molar-refractivity contribution in [2.75, 3.05) is 18.4 Å². The van der Waals surface area contributed by atoms with Crippen molar-refractivity contribution in [3.63, 3.8) is 0 Å². The zero-order valence-corrected chi connectivity index (χ0v) is 17.2. The molecule has 1 saturated heterocycles. The summed E-state index contributed by atoms with van der Waals surface area (Å²) in [7, 11) is 0. The van der Waals surface area contributed by atoms with E-state index in [0.717, 1.165) is 29.0 Å². The molecule has 1 aliphatic heterocycles. The summed E-state index contributed by atoms with van der Waals surface area (Å²) in [5, 5.41) is 7.39. The van der Waals surface area contributed by atoms with Gasteiger partial charge in [-0.1, -0.05) is 35.9 Å². The van der Waals surface area contributed by atoms with Gasteiger partial charge >= 0.3 is 0 Å². The number of nitrogens with zero attached hydrogens (tertiary/aromatic N) is 2. The zero-order chi connectivity index (χ0) is 19.5. The predicted octanol–water partition coefficient (Wildman–Crippen LogP) is 4.67. The Morgan fingerprint density at radius 2 is 2.00 bits per heavy atom. The van der Waals surface area contributed by atoms with Crippen molar-refractivity contribution in [1.82, 2.24) is 9.88 Å². The quantitative estimate of drug-likeness (QED) is 0.679. The third-order valence-corrected chi connectivity index (χ3v) is 6.51. The number of thiazole rings is 1. The third kappa shape index (κ3) is 4.15. The SMILES string of the molecule is Cc1ccc(-c2csc(NC(=O)[C@H]3CCCN(C(=O)c4cccs4)C3)n2)cc1. The molecule has 0 aliphatic carbocycles. The fraction of sp³-hybridized carbons (Fsp3) is 0.286. The molecule has 1 aromatic carbocycles. The van der Waals surface area contributed by atoms with E-state index in [2.05, 4.69) is 10.3 Å². The smallest absolute Gasteiger partial charge is 0.263 e. The van der Waals surface area contributed by atoms with Crippen molar-refractivity contribution in [3.8, 4) is 11.3 Å². The number of rotatable bonds is 4. The van der Waals surface area contributed by atoms with Gasteiger partial charge in [0.25, 0.3) is 5.91 Å². The Bertz CT molecular complexity index is 964. The molecule has 5 nitrogen and oxygen atoms in total. The van der Waals surface area contributed by atoms with E-state index in [1.807, 2.05) is 54.1 Å². The lowest BCUT2D eigenvalue weighted by Gasteiger charge is -2.31. The van der Waals surface area contributed by atoms with E-state index in [-0.39, 0.29) is 17.7 Å². The van der Waals surface area contributed by atoms with Gasteiger partial charge in [-0.15, -0.1) is 22.7 Å². The van der Waals surface area contributed by atoms with Crippen LogP contribution in [0.1, 0.15) is 28.1 Å². The number of aromatic nitrogens is 1. The van der Waals surface area contributed by atoms with Crippen LogP contribution >= 0.6 is 22.7 Å². The number of carbonyl (C=O) groups is 2. The Morgan fingerprint density at radius 3 is 2.75 bits per heavy atom. The average molecular weight is 412 g/mol. The second-order valence-corrected chi connectivity index (χ2v) is 8.77. The van der Waals surface area contributed by atoms with Crippen LogP contribution in [0.15, 0.2) is 47.2 Å². The van der Waals surface area contributed by atoms with E-state index in [9.17, 15) is 9.59 Å². The fourth-order valence-electron chi connectivity index (χ4n) is 3.33. The predicted molar refractivity (Wildman–Crippen MR) is 114 cm³/mol. The Kier molecular flexibility index (Phi) is 5.54. The number of likely N-dealkylation sites (tertiary alicyclic amines) is 1. The summed E-state index contributed by atoms with van der Waals surface area (Å²) in [6.45, 7) is 3.21. The summed E-state index contributed by atoms with van der Waals surface area (Å²) in [5.74, 6) is -0.249. The normalized spacial score (nSPS) is 16.8. The van der Waals surface area contributed by atoms with Crippen LogP contribution in [0.25, 0.3) is 11.3 Å². The Morgan fingerprint density at radius 1 is 1.18 bits per heavy atom. The molecule has 2 aromatic heterocycles. The van der Waals surface area contributed by atoms with Crippen molar-refractivity contribution in [1.29, 1.82) is 0 Å². The molecule has 1 aliphatic rings. The van der Waals surface area contributed by atoms with Gasteiger partial charge in [0, 0.05) is 24.0 Å². The summed E-state index contributed by atoms with van der Waals surface area (Å²) in [6.07, 6.45) is 1.62. The maximum atomic E-state index is 12.7. The first-order chi connectivity index (χ1) is 13.6. The van der Waals surface area contributed by atoms with Crippen LogP contribution in [0.5, 0.6) is 0 Å². The Hall–Kier alpha value is -2.51. The number of thiophene rings is 1. The van der Waals surface area contributed by atoms with Gasteiger partial charge in [0.05, 0.1) is 16.5 Å². The van der Waals surface area contributed by atoms with Crippen LogP contribution in [0.2, 0.25) is 0 Å². The van der Waals surface area contributed by atoms with Crippen LogP contribution in [-0.2, 0) is 4.79 Å². The van der Waals surface area contributed by atoms with Crippen LogP contribution in [0, 0.1) is 12.8 Å². The highest BCUT2D eigenvalue weighted by Gasteiger charge is 2.29. The van der Waals surface area contributed by atoms with Crippen molar-refractivity contribution >= 4 is 39.6 Å². The summed E-state index contributed by atoms with van der Waals surface area (Å²) < 4.78 is 0. The molecule has 4 rings (SSSR count). The number of hydrogen-bond donors (Lipinski definition) is 1. The molecule has 7 heteroatoms. The van der Waals surface area contributed by atoms with Crippen LogP contribution in [0.3, 0.4) is 0 Å². The molecule has 0 bridgehead atoms. The van der Waals surface area contributed by atoms with E-state index in [1.54, 1.807) is 4.90 Å². The Labute approximate surface area is 172 Å². The second-order valence-electron chi connectivity index (χ2n) is 6.96. The lowest BCUT2D eigenvalue weighted by Crippen LogP contribution is -2.43. The molecule has 2 amide bonds. The van der Waals surface area contributed by atoms with Gasteiger partial charge in [-0.2, -0.15) is 0 Å². The highest BCUT2D eigenvalue weighted by atomic mass is 32.1. The maximum Gasteiger partial charge on any atom is 0.263 e. The topological polar surface area (TPSA) is 62.3 Å². The number of carbonyl (C=O) groups excluding carboxylic acids is 2. The summed E-state index contributed by atoms with van der Waals surface area (Å²) in [4.78, 5) is 32.4. The van der Waals surface area contributed by atoms with E-state index in [1.165, 1.54) is 28.2 Å². The second kappa shape index (κ2) is 8.24. The molecule has 0 unspecified atom stereocenters. The van der Waals surface area contributed by atoms with Crippen molar-refractivity contribution in [3.05, 3.63) is 57.6 Å². The first-order valence-electron chi connectivity index (χ1n) is 9.26. The van der Waals surface area contributed by atoms with Crippen molar-refractivity contribution in [2.45, 2.75) is 19.8 Å². The van der Waals surface area contributed by atoms with Gasteiger partial charge < -0.3 is 10.2 Å². The van der Waals surface area contributed by atoms with Gasteiger partial charge in [-0.05, 0) is 31.2 Å². The molecule has 0 saturated carbocycles. The van der Waals surface area contributed by atoms with Crippen molar-refractivity contribution < 1.29 is 9.59 Å². The largest absolute Gasteiger partial charge is 0.337 e. The highest BCUT2D eigenvalue weighted by Crippen LogP contribution is 2.27. The highest BCUT2D eigenvalue weighted by molar-refractivity contribution is 7.14.